The van der Waals surface area contributed by atoms with Gasteiger partial charge >= 0.3 is 5.97 Å². The van der Waals surface area contributed by atoms with Gasteiger partial charge < -0.3 is 14.0 Å². The summed E-state index contributed by atoms with van der Waals surface area (Å²) in [7, 11) is -4.24. The standard InChI is InChI=1S/C32H62O4Si2/c1-11-12-15-18-25(24-32(5,6)37(7,8)34)21-22-27-26-19-16-13-14-17-20-30(33)35-28(26)23-29(27)36-38(9,10)31(2,3)4/h13,16,25-29,34H,11-12,14-15,17-24H2,1-10H3/b16-13-/t25-,26+,27+,28-,29+/m0/s1. The molecule has 2 aliphatic rings. The monoisotopic (exact) mass is 566 g/mol. The summed E-state index contributed by atoms with van der Waals surface area (Å²) in [6, 6.07) is 0. The zero-order chi connectivity index (χ0) is 28.8. The smallest absolute Gasteiger partial charge is 0.306 e. The lowest BCUT2D eigenvalue weighted by atomic mass is 9.81. The Balaban J connectivity index is 2.31. The van der Waals surface area contributed by atoms with Gasteiger partial charge in [-0.05, 0) is 80.2 Å². The Morgan fingerprint density at radius 2 is 1.76 bits per heavy atom. The van der Waals surface area contributed by atoms with E-state index in [1.54, 1.807) is 0 Å². The van der Waals surface area contributed by atoms with E-state index in [1.807, 2.05) is 0 Å². The van der Waals surface area contributed by atoms with Gasteiger partial charge in [-0.15, -0.1) is 0 Å². The Hall–Kier alpha value is -0.436. The number of esters is 1. The van der Waals surface area contributed by atoms with Gasteiger partial charge in [-0.2, -0.15) is 0 Å². The van der Waals surface area contributed by atoms with E-state index in [0.717, 1.165) is 38.5 Å². The van der Waals surface area contributed by atoms with Gasteiger partial charge in [0.2, 0.25) is 0 Å². The second-order valence-corrected chi connectivity index (χ2v) is 24.4. The van der Waals surface area contributed by atoms with E-state index in [1.165, 1.54) is 32.1 Å². The SMILES string of the molecule is CCCCC[C@@H](CC[C@@H]1[C@H]2C/C=C\CCCC(=O)O[C@H]2C[C@H]1O[Si](C)(C)C(C)(C)C)CC(C)(C)[Si](C)(C)O. The third kappa shape index (κ3) is 9.59. The number of carbonyl (C=O) groups excluding carboxylic acids is 1. The molecule has 1 aliphatic carbocycles. The zero-order valence-electron chi connectivity index (χ0n) is 26.7. The fraction of sp³-hybridized carbons (Fsp3) is 0.906. The Kier molecular flexibility index (Phi) is 12.4. The quantitative estimate of drug-likeness (QED) is 0.111. The van der Waals surface area contributed by atoms with Crippen LogP contribution in [0.1, 0.15) is 119 Å². The summed E-state index contributed by atoms with van der Waals surface area (Å²) in [4.78, 5) is 23.7. The lowest BCUT2D eigenvalue weighted by Gasteiger charge is -2.41. The van der Waals surface area contributed by atoms with Gasteiger partial charge in [0.1, 0.15) is 6.10 Å². The van der Waals surface area contributed by atoms with Gasteiger partial charge in [0.05, 0.1) is 6.10 Å². The maximum absolute atomic E-state index is 12.7. The van der Waals surface area contributed by atoms with Gasteiger partial charge in [-0.1, -0.05) is 85.8 Å². The van der Waals surface area contributed by atoms with Gasteiger partial charge in [-0.25, -0.2) is 0 Å². The minimum atomic E-state index is -2.27. The number of allylic oxidation sites excluding steroid dienone is 2. The Bertz CT molecular complexity index is 762. The van der Waals surface area contributed by atoms with Crippen LogP contribution in [0.25, 0.3) is 0 Å². The van der Waals surface area contributed by atoms with Crippen LogP contribution in [0.2, 0.25) is 36.3 Å². The molecule has 0 aromatic carbocycles. The highest BCUT2D eigenvalue weighted by Gasteiger charge is 2.49. The van der Waals surface area contributed by atoms with E-state index < -0.39 is 16.6 Å². The van der Waals surface area contributed by atoms with Crippen molar-refractivity contribution in [2.75, 3.05) is 0 Å². The average Bonchev–Trinajstić information content (AvgIpc) is 3.07. The molecule has 0 amide bonds. The maximum atomic E-state index is 12.7. The van der Waals surface area contributed by atoms with Crippen molar-refractivity contribution in [1.29, 1.82) is 0 Å². The van der Waals surface area contributed by atoms with Crippen molar-refractivity contribution in [1.82, 2.24) is 0 Å². The topological polar surface area (TPSA) is 55.8 Å². The molecule has 0 aromatic heterocycles. The molecule has 0 aromatic rings. The van der Waals surface area contributed by atoms with Gasteiger partial charge in [-0.3, -0.25) is 4.79 Å². The summed E-state index contributed by atoms with van der Waals surface area (Å²) in [6.45, 7) is 22.7. The van der Waals surface area contributed by atoms with Crippen LogP contribution in [0.3, 0.4) is 0 Å². The first-order chi connectivity index (χ1) is 17.5. The molecule has 6 heteroatoms. The van der Waals surface area contributed by atoms with Crippen LogP contribution in [0.4, 0.5) is 0 Å². The van der Waals surface area contributed by atoms with Gasteiger partial charge in [0.15, 0.2) is 16.6 Å². The van der Waals surface area contributed by atoms with Crippen molar-refractivity contribution < 1.29 is 18.8 Å². The third-order valence-corrected chi connectivity index (χ3v) is 18.4. The van der Waals surface area contributed by atoms with Crippen LogP contribution in [0.15, 0.2) is 12.2 Å². The minimum Gasteiger partial charge on any atom is -0.462 e. The summed E-state index contributed by atoms with van der Waals surface area (Å²) >= 11 is 0. The van der Waals surface area contributed by atoms with E-state index in [4.69, 9.17) is 9.16 Å². The van der Waals surface area contributed by atoms with Crippen molar-refractivity contribution in [3.05, 3.63) is 12.2 Å². The van der Waals surface area contributed by atoms with Gasteiger partial charge in [0, 0.05) is 18.8 Å². The molecule has 4 nitrogen and oxygen atoms in total. The van der Waals surface area contributed by atoms with E-state index >= 15 is 0 Å². The minimum absolute atomic E-state index is 0.00615. The molecule has 0 bridgehead atoms. The number of ether oxygens (including phenoxy) is 1. The predicted octanol–water partition coefficient (Wildman–Crippen LogP) is 9.40. The molecular weight excluding hydrogens is 505 g/mol. The van der Waals surface area contributed by atoms with E-state index in [-0.39, 0.29) is 28.3 Å². The Morgan fingerprint density at radius 1 is 1.08 bits per heavy atom. The normalized spacial score (nSPS) is 27.5. The number of hydrogen-bond acceptors (Lipinski definition) is 4. The van der Waals surface area contributed by atoms with Crippen molar-refractivity contribution in [3.63, 3.8) is 0 Å². The lowest BCUT2D eigenvalue weighted by Crippen LogP contribution is -2.45. The first-order valence-electron chi connectivity index (χ1n) is 15.7. The van der Waals surface area contributed by atoms with Crippen molar-refractivity contribution >= 4 is 22.6 Å². The van der Waals surface area contributed by atoms with Crippen molar-refractivity contribution in [2.24, 2.45) is 17.8 Å². The molecule has 0 radical (unpaired) electrons. The first-order valence-corrected chi connectivity index (χ1v) is 21.6. The number of rotatable bonds is 12. The molecule has 1 N–H and O–H groups in total. The van der Waals surface area contributed by atoms with Crippen LogP contribution in [-0.2, 0) is 14.0 Å². The molecule has 1 aliphatic heterocycles. The average molecular weight is 567 g/mol. The third-order valence-electron chi connectivity index (χ3n) is 10.4. The number of unbranched alkanes of at least 4 members (excludes halogenated alkanes) is 2. The van der Waals surface area contributed by atoms with Crippen LogP contribution in [-0.4, -0.2) is 39.6 Å². The fourth-order valence-corrected chi connectivity index (χ4v) is 8.25. The largest absolute Gasteiger partial charge is 0.462 e. The highest BCUT2D eigenvalue weighted by atomic mass is 28.4. The summed E-state index contributed by atoms with van der Waals surface area (Å²) in [5, 5.41) is 0.141. The van der Waals surface area contributed by atoms with Crippen LogP contribution >= 0.6 is 0 Å². The van der Waals surface area contributed by atoms with Crippen LogP contribution in [0.5, 0.6) is 0 Å². The van der Waals surface area contributed by atoms with Crippen molar-refractivity contribution in [2.45, 2.75) is 167 Å². The maximum Gasteiger partial charge on any atom is 0.306 e. The van der Waals surface area contributed by atoms with Crippen LogP contribution < -0.4 is 0 Å². The Labute approximate surface area is 238 Å². The second-order valence-electron chi connectivity index (χ2n) is 15.2. The molecular formula is C32H62O4Si2. The van der Waals surface area contributed by atoms with E-state index in [9.17, 15) is 9.59 Å². The molecule has 5 atom stereocenters. The van der Waals surface area contributed by atoms with E-state index in [0.29, 0.717) is 24.2 Å². The molecule has 38 heavy (non-hydrogen) atoms. The van der Waals surface area contributed by atoms with Crippen LogP contribution in [0, 0.1) is 17.8 Å². The number of hydrogen-bond donors (Lipinski definition) is 1. The predicted molar refractivity (Wildman–Crippen MR) is 166 cm³/mol. The summed E-state index contributed by atoms with van der Waals surface area (Å²) < 4.78 is 13.3. The lowest BCUT2D eigenvalue weighted by molar-refractivity contribution is -0.151. The van der Waals surface area contributed by atoms with Crippen molar-refractivity contribution in [3.8, 4) is 0 Å². The highest BCUT2D eigenvalue weighted by molar-refractivity contribution is 6.74. The molecule has 2 rings (SSSR count). The first kappa shape index (κ1) is 33.8. The van der Waals surface area contributed by atoms with E-state index in [2.05, 4.69) is 79.9 Å². The fourth-order valence-electron chi connectivity index (χ4n) is 6.08. The molecule has 1 fully saturated rings. The molecule has 1 saturated carbocycles. The summed E-state index contributed by atoms with van der Waals surface area (Å²) in [5.41, 5.74) is 0. The molecule has 0 spiro atoms. The molecule has 0 saturated heterocycles. The number of fused-ring (bicyclic) bond motifs is 1. The zero-order valence-corrected chi connectivity index (χ0v) is 28.7. The van der Waals surface area contributed by atoms with Gasteiger partial charge in [0.25, 0.3) is 0 Å². The summed E-state index contributed by atoms with van der Waals surface area (Å²) in [6.07, 6.45) is 17.3. The molecule has 1 heterocycles. The highest BCUT2D eigenvalue weighted by Crippen LogP contribution is 2.48. The molecule has 0 unspecified atom stereocenters. The second kappa shape index (κ2) is 14.0. The summed E-state index contributed by atoms with van der Waals surface area (Å²) in [5.74, 6) is 1.32. The number of carbonyl (C=O) groups is 1. The molecule has 222 valence electrons. The Morgan fingerprint density at radius 3 is 2.37 bits per heavy atom.